The Balaban J connectivity index is 2.18. The van der Waals surface area contributed by atoms with Gasteiger partial charge in [0.05, 0.1) is 0 Å². The average molecular weight is 224 g/mol. The Kier molecular flexibility index (Phi) is 2.21. The van der Waals surface area contributed by atoms with Crippen LogP contribution in [0.2, 0.25) is 0 Å². The van der Waals surface area contributed by atoms with E-state index in [-0.39, 0.29) is 17.6 Å². The van der Waals surface area contributed by atoms with Crippen LogP contribution >= 0.6 is 11.3 Å². The first-order valence-electron chi connectivity index (χ1n) is 3.89. The maximum atomic E-state index is 5.44. The van der Waals surface area contributed by atoms with Crippen molar-refractivity contribution in [2.24, 2.45) is 10.2 Å². The van der Waals surface area contributed by atoms with E-state index in [9.17, 15) is 0 Å². The molecule has 0 aliphatic carbocycles. The van der Waals surface area contributed by atoms with E-state index in [0.717, 1.165) is 0 Å². The van der Waals surface area contributed by atoms with Gasteiger partial charge in [-0.3, -0.25) is 0 Å². The highest BCUT2D eigenvalue weighted by molar-refractivity contribution is 7.13. The van der Waals surface area contributed by atoms with Gasteiger partial charge in [-0.05, 0) is 0 Å². The van der Waals surface area contributed by atoms with Gasteiger partial charge in [-0.15, -0.1) is 10.2 Å². The van der Waals surface area contributed by atoms with Crippen molar-refractivity contribution in [2.75, 3.05) is 17.2 Å². The SMILES string of the molecule is Nc1csc(/N=N/c2nc(N)c(N)[nH]2)n1. The minimum atomic E-state index is 0.197. The zero-order valence-corrected chi connectivity index (χ0v) is 8.32. The number of azo groups is 1. The van der Waals surface area contributed by atoms with Crippen LogP contribution < -0.4 is 17.2 Å². The smallest absolute Gasteiger partial charge is 0.250 e. The van der Waals surface area contributed by atoms with Crippen LogP contribution in [0.25, 0.3) is 0 Å². The minimum absolute atomic E-state index is 0.197. The molecule has 2 rings (SSSR count). The first kappa shape index (κ1) is 9.40. The molecule has 0 fully saturated rings. The Bertz CT molecular complexity index is 477. The fourth-order valence-corrected chi connectivity index (χ4v) is 1.37. The Morgan fingerprint density at radius 3 is 2.53 bits per heavy atom. The summed E-state index contributed by atoms with van der Waals surface area (Å²) in [7, 11) is 0. The molecule has 0 atom stereocenters. The molecule has 7 N–H and O–H groups in total. The van der Waals surface area contributed by atoms with E-state index in [1.807, 2.05) is 0 Å². The van der Waals surface area contributed by atoms with Crippen LogP contribution in [0.5, 0.6) is 0 Å². The number of thiazole rings is 1. The molecule has 0 spiro atoms. The third-order valence-electron chi connectivity index (χ3n) is 1.49. The number of rotatable bonds is 2. The predicted molar refractivity (Wildman–Crippen MR) is 58.1 cm³/mol. The van der Waals surface area contributed by atoms with E-state index in [0.29, 0.717) is 10.9 Å². The topological polar surface area (TPSA) is 144 Å². The maximum Gasteiger partial charge on any atom is 0.250 e. The molecule has 0 radical (unpaired) electrons. The van der Waals surface area contributed by atoms with Gasteiger partial charge >= 0.3 is 0 Å². The van der Waals surface area contributed by atoms with Crippen molar-refractivity contribution in [3.63, 3.8) is 0 Å². The average Bonchev–Trinajstić information content (AvgIpc) is 2.72. The van der Waals surface area contributed by atoms with Gasteiger partial charge in [0.2, 0.25) is 5.13 Å². The van der Waals surface area contributed by atoms with Gasteiger partial charge in [0, 0.05) is 5.38 Å². The van der Waals surface area contributed by atoms with Crippen LogP contribution in [0.15, 0.2) is 15.6 Å². The molecule has 0 saturated heterocycles. The summed E-state index contributed by atoms with van der Waals surface area (Å²) in [6.45, 7) is 0. The summed E-state index contributed by atoms with van der Waals surface area (Å²) in [5, 5.41) is 9.67. The number of aromatic nitrogens is 3. The van der Waals surface area contributed by atoms with Crippen LogP contribution in [0.4, 0.5) is 28.5 Å². The first-order chi connectivity index (χ1) is 7.15. The number of imidazole rings is 1. The lowest BCUT2D eigenvalue weighted by Crippen LogP contribution is -1.91. The van der Waals surface area contributed by atoms with Crippen LogP contribution in [-0.4, -0.2) is 15.0 Å². The number of anilines is 3. The van der Waals surface area contributed by atoms with Gasteiger partial charge in [0.1, 0.15) is 11.6 Å². The number of hydrogen-bond donors (Lipinski definition) is 4. The normalized spacial score (nSPS) is 11.2. The van der Waals surface area contributed by atoms with Crippen molar-refractivity contribution < 1.29 is 0 Å². The summed E-state index contributed by atoms with van der Waals surface area (Å²) in [5.74, 6) is 1.11. The highest BCUT2D eigenvalue weighted by Crippen LogP contribution is 2.23. The molecule has 2 aromatic heterocycles. The number of nitrogens with two attached hydrogens (primary N) is 3. The monoisotopic (exact) mass is 224 g/mol. The van der Waals surface area contributed by atoms with E-state index in [1.54, 1.807) is 5.38 Å². The minimum Gasteiger partial charge on any atom is -0.383 e. The molecule has 15 heavy (non-hydrogen) atoms. The molecular weight excluding hydrogens is 216 g/mol. The number of nitrogens with zero attached hydrogens (tertiary/aromatic N) is 4. The van der Waals surface area contributed by atoms with E-state index < -0.39 is 0 Å². The zero-order chi connectivity index (χ0) is 10.8. The van der Waals surface area contributed by atoms with E-state index in [4.69, 9.17) is 17.2 Å². The molecule has 8 nitrogen and oxygen atoms in total. The highest BCUT2D eigenvalue weighted by atomic mass is 32.1. The summed E-state index contributed by atoms with van der Waals surface area (Å²) in [6.07, 6.45) is 0. The molecule has 0 amide bonds. The first-order valence-corrected chi connectivity index (χ1v) is 4.77. The lowest BCUT2D eigenvalue weighted by Gasteiger charge is -1.81. The number of hydrogen-bond acceptors (Lipinski definition) is 8. The summed E-state index contributed by atoms with van der Waals surface area (Å²) in [5.41, 5.74) is 16.3. The quantitative estimate of drug-likeness (QED) is 0.563. The van der Waals surface area contributed by atoms with Gasteiger partial charge in [0.25, 0.3) is 5.95 Å². The summed E-state index contributed by atoms with van der Waals surface area (Å²) < 4.78 is 0. The van der Waals surface area contributed by atoms with Gasteiger partial charge in [-0.25, -0.2) is 4.98 Å². The number of nitrogens with one attached hydrogen (secondary N) is 1. The Hall–Kier alpha value is -2.16. The van der Waals surface area contributed by atoms with Gasteiger partial charge in [-0.1, -0.05) is 11.3 Å². The van der Waals surface area contributed by atoms with Gasteiger partial charge in [0.15, 0.2) is 5.82 Å². The lowest BCUT2D eigenvalue weighted by atomic mass is 10.7. The molecule has 0 aromatic carbocycles. The zero-order valence-electron chi connectivity index (χ0n) is 7.51. The number of H-pyrrole nitrogens is 1. The molecule has 0 aliphatic rings. The summed E-state index contributed by atoms with van der Waals surface area (Å²) in [6, 6.07) is 0. The van der Waals surface area contributed by atoms with Crippen LogP contribution in [0, 0.1) is 0 Å². The van der Waals surface area contributed by atoms with Crippen molar-refractivity contribution in [1.29, 1.82) is 0 Å². The molecule has 2 aromatic rings. The Morgan fingerprint density at radius 1 is 1.20 bits per heavy atom. The summed E-state index contributed by atoms with van der Waals surface area (Å²) >= 11 is 1.28. The maximum absolute atomic E-state index is 5.44. The molecule has 9 heteroatoms. The second-order valence-corrected chi connectivity index (χ2v) is 3.45. The van der Waals surface area contributed by atoms with Crippen molar-refractivity contribution in [2.45, 2.75) is 0 Å². The van der Waals surface area contributed by atoms with E-state index >= 15 is 0 Å². The van der Waals surface area contributed by atoms with Crippen LogP contribution in [0.3, 0.4) is 0 Å². The van der Waals surface area contributed by atoms with Gasteiger partial charge in [-0.2, -0.15) is 4.98 Å². The van der Waals surface area contributed by atoms with Crippen LogP contribution in [-0.2, 0) is 0 Å². The Morgan fingerprint density at radius 2 is 2.00 bits per heavy atom. The fourth-order valence-electron chi connectivity index (χ4n) is 0.846. The lowest BCUT2D eigenvalue weighted by molar-refractivity contribution is 1.12. The molecule has 0 bridgehead atoms. The van der Waals surface area contributed by atoms with E-state index in [1.165, 1.54) is 11.3 Å². The van der Waals surface area contributed by atoms with Crippen molar-refractivity contribution in [3.05, 3.63) is 5.38 Å². The number of aromatic amines is 1. The third kappa shape index (κ3) is 2.02. The molecular formula is C6H8N8S. The van der Waals surface area contributed by atoms with E-state index in [2.05, 4.69) is 25.2 Å². The second-order valence-electron chi connectivity index (χ2n) is 2.61. The number of nitrogen functional groups attached to an aromatic ring is 3. The van der Waals surface area contributed by atoms with Crippen molar-refractivity contribution in [3.8, 4) is 0 Å². The molecule has 2 heterocycles. The summed E-state index contributed by atoms with van der Waals surface area (Å²) in [4.78, 5) is 10.3. The molecule has 0 unspecified atom stereocenters. The molecule has 78 valence electrons. The highest BCUT2D eigenvalue weighted by Gasteiger charge is 2.02. The fraction of sp³-hybridized carbons (Fsp3) is 0. The van der Waals surface area contributed by atoms with Crippen molar-refractivity contribution >= 4 is 39.9 Å². The predicted octanol–water partition coefficient (Wildman–Crippen LogP) is 1.03. The molecule has 0 saturated carbocycles. The second kappa shape index (κ2) is 3.53. The Labute approximate surface area is 88.2 Å². The van der Waals surface area contributed by atoms with Gasteiger partial charge < -0.3 is 22.2 Å². The largest absolute Gasteiger partial charge is 0.383 e. The third-order valence-corrected chi connectivity index (χ3v) is 2.23. The van der Waals surface area contributed by atoms with Crippen LogP contribution in [0.1, 0.15) is 0 Å². The molecule has 0 aliphatic heterocycles. The van der Waals surface area contributed by atoms with Crippen molar-refractivity contribution in [1.82, 2.24) is 15.0 Å². The standard InChI is InChI=1S/C6H8N8S/c7-2-1-15-6(10-2)14-13-5-11-3(8)4(9)12-5/h1H,7-9H2,(H,11,12)/b14-13+.